The van der Waals surface area contributed by atoms with Gasteiger partial charge in [-0.2, -0.15) is 0 Å². The molecule has 29 heavy (non-hydrogen) atoms. The molecule has 0 spiro atoms. The van der Waals surface area contributed by atoms with Gasteiger partial charge in [0.1, 0.15) is 0 Å². The Morgan fingerprint density at radius 2 is 1.76 bits per heavy atom. The number of nitrogens with one attached hydrogen (secondary N) is 2. The van der Waals surface area contributed by atoms with E-state index in [1.54, 1.807) is 12.1 Å². The van der Waals surface area contributed by atoms with Gasteiger partial charge in [0, 0.05) is 27.8 Å². The van der Waals surface area contributed by atoms with Crippen LogP contribution in [0.5, 0.6) is 0 Å². The van der Waals surface area contributed by atoms with E-state index in [-0.39, 0.29) is 11.9 Å². The summed E-state index contributed by atoms with van der Waals surface area (Å²) in [5.41, 5.74) is 9.95. The first-order valence-corrected chi connectivity index (χ1v) is 9.56. The Hall–Kier alpha value is -3.25. The number of hydrogen-bond donors (Lipinski definition) is 3. The summed E-state index contributed by atoms with van der Waals surface area (Å²) in [5.74, 6) is -0.154. The second kappa shape index (κ2) is 8.41. The van der Waals surface area contributed by atoms with Crippen molar-refractivity contribution in [2.75, 3.05) is 5.32 Å². The average molecular weight is 411 g/mol. The molecule has 1 unspecified atom stereocenters. The molecule has 0 bridgehead atoms. The molecule has 0 aliphatic carbocycles. The van der Waals surface area contributed by atoms with E-state index in [4.69, 9.17) is 17.3 Å². The van der Waals surface area contributed by atoms with Gasteiger partial charge in [-0.1, -0.05) is 29.8 Å². The molecule has 2 aromatic carbocycles. The molecular formula is C22H23ClN4O2. The topological polar surface area (TPSA) is 89.2 Å². The fourth-order valence-electron chi connectivity index (χ4n) is 3.36. The molecule has 3 rings (SSSR count). The predicted octanol–water partition coefficient (Wildman–Crippen LogP) is 4.73. The zero-order valence-electron chi connectivity index (χ0n) is 16.5. The maximum Gasteiger partial charge on any atom is 0.316 e. The van der Waals surface area contributed by atoms with Crippen LogP contribution in [-0.2, 0) is 0 Å². The van der Waals surface area contributed by atoms with Gasteiger partial charge in [-0.3, -0.25) is 4.79 Å². The number of aryl methyl sites for hydroxylation is 1. The number of anilines is 1. The highest BCUT2D eigenvalue weighted by atomic mass is 35.5. The molecule has 3 amide bonds. The minimum Gasteiger partial charge on any atom is -0.351 e. The van der Waals surface area contributed by atoms with Crippen molar-refractivity contribution in [3.63, 3.8) is 0 Å². The van der Waals surface area contributed by atoms with E-state index in [0.717, 1.165) is 22.6 Å². The van der Waals surface area contributed by atoms with Crippen molar-refractivity contribution in [1.82, 2.24) is 9.88 Å². The van der Waals surface area contributed by atoms with Gasteiger partial charge in [0.05, 0.1) is 11.6 Å². The third-order valence-corrected chi connectivity index (χ3v) is 5.00. The molecule has 4 N–H and O–H groups in total. The van der Waals surface area contributed by atoms with E-state index in [2.05, 4.69) is 10.6 Å². The highest BCUT2D eigenvalue weighted by Crippen LogP contribution is 2.24. The van der Waals surface area contributed by atoms with Crippen LogP contribution in [0.25, 0.3) is 5.69 Å². The summed E-state index contributed by atoms with van der Waals surface area (Å²) in [7, 11) is 0. The van der Waals surface area contributed by atoms with Crippen LogP contribution >= 0.6 is 11.6 Å². The highest BCUT2D eigenvalue weighted by Gasteiger charge is 2.19. The van der Waals surface area contributed by atoms with Gasteiger partial charge < -0.3 is 20.9 Å². The smallest absolute Gasteiger partial charge is 0.316 e. The van der Waals surface area contributed by atoms with Gasteiger partial charge in [0.25, 0.3) is 5.91 Å². The molecule has 3 aromatic rings. The van der Waals surface area contributed by atoms with Crippen LogP contribution < -0.4 is 16.4 Å². The minimum atomic E-state index is -0.617. The third-order valence-electron chi connectivity index (χ3n) is 4.77. The largest absolute Gasteiger partial charge is 0.351 e. The minimum absolute atomic E-state index is 0.154. The van der Waals surface area contributed by atoms with E-state index in [1.165, 1.54) is 0 Å². The maximum atomic E-state index is 12.9. The number of primary amides is 1. The Bertz CT molecular complexity index is 1060. The lowest BCUT2D eigenvalue weighted by Gasteiger charge is -2.15. The van der Waals surface area contributed by atoms with Gasteiger partial charge in [-0.25, -0.2) is 4.79 Å². The van der Waals surface area contributed by atoms with Crippen molar-refractivity contribution in [1.29, 1.82) is 0 Å². The van der Waals surface area contributed by atoms with Crippen molar-refractivity contribution >= 4 is 29.2 Å². The van der Waals surface area contributed by atoms with Crippen LogP contribution in [0.1, 0.15) is 40.3 Å². The van der Waals surface area contributed by atoms with Crippen LogP contribution in [0.3, 0.4) is 0 Å². The summed E-state index contributed by atoms with van der Waals surface area (Å²) in [5, 5.41) is 6.18. The number of carbonyl (C=O) groups is 2. The molecule has 0 radical (unpaired) electrons. The van der Waals surface area contributed by atoms with E-state index in [9.17, 15) is 9.59 Å². The Labute approximate surface area is 174 Å². The van der Waals surface area contributed by atoms with Crippen molar-refractivity contribution in [2.45, 2.75) is 26.8 Å². The number of urea groups is 1. The molecule has 6 nitrogen and oxygen atoms in total. The van der Waals surface area contributed by atoms with Crippen LogP contribution in [0.2, 0.25) is 5.02 Å². The molecule has 0 saturated carbocycles. The SMILES string of the molecule is Cc1cc(C(=O)NC(C)c2ccc(NC(N)=O)cc2)c(C)n1-c1cccc(Cl)c1. The number of nitrogens with zero attached hydrogens (tertiary/aromatic N) is 1. The van der Waals surface area contributed by atoms with Crippen molar-refractivity contribution < 1.29 is 9.59 Å². The summed E-state index contributed by atoms with van der Waals surface area (Å²) in [6.07, 6.45) is 0. The normalized spacial score (nSPS) is 11.7. The van der Waals surface area contributed by atoms with E-state index in [0.29, 0.717) is 16.3 Å². The monoisotopic (exact) mass is 410 g/mol. The first kappa shape index (κ1) is 20.5. The third kappa shape index (κ3) is 4.60. The highest BCUT2D eigenvalue weighted by molar-refractivity contribution is 6.30. The van der Waals surface area contributed by atoms with Gasteiger partial charge in [0.15, 0.2) is 0 Å². The molecule has 1 heterocycles. The lowest BCUT2D eigenvalue weighted by Crippen LogP contribution is -2.27. The summed E-state index contributed by atoms with van der Waals surface area (Å²) in [6, 6.07) is 15.7. The lowest BCUT2D eigenvalue weighted by atomic mass is 10.1. The molecule has 150 valence electrons. The van der Waals surface area contributed by atoms with E-state index < -0.39 is 6.03 Å². The summed E-state index contributed by atoms with van der Waals surface area (Å²) in [6.45, 7) is 5.78. The Kier molecular flexibility index (Phi) is 5.94. The first-order valence-electron chi connectivity index (χ1n) is 9.18. The molecule has 1 atom stereocenters. The van der Waals surface area contributed by atoms with E-state index in [1.807, 2.05) is 67.8 Å². The number of rotatable bonds is 5. The van der Waals surface area contributed by atoms with Gasteiger partial charge in [0.2, 0.25) is 0 Å². The maximum absolute atomic E-state index is 12.9. The lowest BCUT2D eigenvalue weighted by molar-refractivity contribution is 0.0939. The molecule has 7 heteroatoms. The quantitative estimate of drug-likeness (QED) is 0.567. The number of amides is 3. The van der Waals surface area contributed by atoms with Gasteiger partial charge in [-0.05, 0) is 62.7 Å². The summed E-state index contributed by atoms with van der Waals surface area (Å²) in [4.78, 5) is 23.8. The first-order chi connectivity index (χ1) is 13.8. The van der Waals surface area contributed by atoms with Crippen molar-refractivity contribution in [2.24, 2.45) is 5.73 Å². The van der Waals surface area contributed by atoms with Crippen molar-refractivity contribution in [3.8, 4) is 5.69 Å². The number of carbonyl (C=O) groups excluding carboxylic acids is 2. The fourth-order valence-corrected chi connectivity index (χ4v) is 3.54. The van der Waals surface area contributed by atoms with Gasteiger partial charge in [-0.15, -0.1) is 0 Å². The number of nitrogens with two attached hydrogens (primary N) is 1. The Morgan fingerprint density at radius 1 is 1.07 bits per heavy atom. The number of benzene rings is 2. The molecule has 0 aliphatic heterocycles. The van der Waals surface area contributed by atoms with Crippen LogP contribution in [0.4, 0.5) is 10.5 Å². The number of hydrogen-bond acceptors (Lipinski definition) is 2. The fraction of sp³-hybridized carbons (Fsp3) is 0.182. The zero-order chi connectivity index (χ0) is 21.1. The second-order valence-electron chi connectivity index (χ2n) is 6.91. The van der Waals surface area contributed by atoms with Gasteiger partial charge >= 0.3 is 6.03 Å². The molecule has 0 aliphatic rings. The van der Waals surface area contributed by atoms with E-state index >= 15 is 0 Å². The van der Waals surface area contributed by atoms with Crippen molar-refractivity contribution in [3.05, 3.63) is 82.1 Å². The zero-order valence-corrected chi connectivity index (χ0v) is 17.2. The number of halogens is 1. The molecular weight excluding hydrogens is 388 g/mol. The molecule has 0 fully saturated rings. The molecule has 0 saturated heterocycles. The van der Waals surface area contributed by atoms with Crippen LogP contribution in [0, 0.1) is 13.8 Å². The predicted molar refractivity (Wildman–Crippen MR) is 116 cm³/mol. The van der Waals surface area contributed by atoms with Crippen LogP contribution in [-0.4, -0.2) is 16.5 Å². The Balaban J connectivity index is 1.79. The molecule has 1 aromatic heterocycles. The van der Waals surface area contributed by atoms with Crippen LogP contribution in [0.15, 0.2) is 54.6 Å². The summed E-state index contributed by atoms with van der Waals surface area (Å²) < 4.78 is 2.01. The second-order valence-corrected chi connectivity index (χ2v) is 7.34. The number of aromatic nitrogens is 1. The Morgan fingerprint density at radius 3 is 2.38 bits per heavy atom. The average Bonchev–Trinajstić information content (AvgIpc) is 2.96. The summed E-state index contributed by atoms with van der Waals surface area (Å²) >= 11 is 6.12. The standard InChI is InChI=1S/C22H23ClN4O2/c1-13-11-20(15(3)27(13)19-6-4-5-17(23)12-19)21(28)25-14(2)16-7-9-18(10-8-16)26-22(24)29/h4-12,14H,1-3H3,(H,25,28)(H3,24,26,29).